The molecular weight excluding hydrogens is 242 g/mol. The molecule has 0 saturated carbocycles. The van der Waals surface area contributed by atoms with Crippen molar-refractivity contribution in [3.05, 3.63) is 40.7 Å². The fraction of sp³-hybridized carbons (Fsp3) is 0.357. The largest absolute Gasteiger partial charge is 0.369 e. The molecule has 1 fully saturated rings. The first kappa shape index (κ1) is 11.9. The Hall–Kier alpha value is -2.17. The molecule has 98 valence electrons. The van der Waals surface area contributed by atoms with Gasteiger partial charge in [-0.1, -0.05) is 0 Å². The van der Waals surface area contributed by atoms with Gasteiger partial charge in [0, 0.05) is 29.9 Å². The second-order valence-electron chi connectivity index (χ2n) is 5.01. The van der Waals surface area contributed by atoms with Gasteiger partial charge in [-0.3, -0.25) is 15.1 Å². The summed E-state index contributed by atoms with van der Waals surface area (Å²) in [7, 11) is 0. The van der Waals surface area contributed by atoms with E-state index in [0.717, 1.165) is 17.6 Å². The number of nitro groups is 1. The number of nitrogens with zero attached hydrogens (tertiary/aromatic N) is 3. The van der Waals surface area contributed by atoms with Gasteiger partial charge in [0.2, 0.25) is 0 Å². The number of anilines is 1. The highest BCUT2D eigenvalue weighted by atomic mass is 16.6. The van der Waals surface area contributed by atoms with Gasteiger partial charge in [-0.25, -0.2) is 0 Å². The van der Waals surface area contributed by atoms with Gasteiger partial charge in [0.15, 0.2) is 0 Å². The van der Waals surface area contributed by atoms with E-state index in [1.54, 1.807) is 6.20 Å². The molecule has 1 aromatic carbocycles. The number of aromatic nitrogens is 1. The molecular formula is C14H15N3O2. The summed E-state index contributed by atoms with van der Waals surface area (Å²) in [6.07, 6.45) is 5.39. The second kappa shape index (κ2) is 4.50. The summed E-state index contributed by atoms with van der Waals surface area (Å²) in [6.45, 7) is 3.26. The predicted molar refractivity (Wildman–Crippen MR) is 74.4 cm³/mol. The molecule has 5 nitrogen and oxygen atoms in total. The lowest BCUT2D eigenvalue weighted by Crippen LogP contribution is -2.26. The van der Waals surface area contributed by atoms with Gasteiger partial charge in [-0.05, 0) is 38.0 Å². The molecule has 0 aliphatic carbocycles. The van der Waals surface area contributed by atoms with Crippen LogP contribution in [0.5, 0.6) is 0 Å². The number of fused-ring (bicyclic) bond motifs is 1. The van der Waals surface area contributed by atoms with E-state index in [4.69, 9.17) is 0 Å². The summed E-state index contributed by atoms with van der Waals surface area (Å²) in [5, 5.41) is 12.4. The van der Waals surface area contributed by atoms with Crippen LogP contribution in [0, 0.1) is 10.1 Å². The minimum absolute atomic E-state index is 0.0681. The van der Waals surface area contributed by atoms with Crippen LogP contribution in [-0.2, 0) is 0 Å². The van der Waals surface area contributed by atoms with Crippen LogP contribution in [0.2, 0.25) is 0 Å². The van der Waals surface area contributed by atoms with E-state index in [-0.39, 0.29) is 10.6 Å². The molecule has 1 unspecified atom stereocenters. The maximum absolute atomic E-state index is 11.0. The fourth-order valence-electron chi connectivity index (χ4n) is 2.79. The number of pyridine rings is 1. The van der Waals surface area contributed by atoms with Crippen LogP contribution in [0.15, 0.2) is 30.6 Å². The third kappa shape index (κ3) is 2.01. The first-order chi connectivity index (χ1) is 9.16. The molecule has 3 rings (SSSR count). The summed E-state index contributed by atoms with van der Waals surface area (Å²) in [4.78, 5) is 16.9. The predicted octanol–water partition coefficient (Wildman–Crippen LogP) is 3.13. The molecule has 1 atom stereocenters. The van der Waals surface area contributed by atoms with Crippen molar-refractivity contribution >= 4 is 22.1 Å². The van der Waals surface area contributed by atoms with Gasteiger partial charge in [0.05, 0.1) is 10.3 Å². The minimum Gasteiger partial charge on any atom is -0.369 e. The van der Waals surface area contributed by atoms with E-state index in [1.807, 2.05) is 18.2 Å². The van der Waals surface area contributed by atoms with Crippen LogP contribution >= 0.6 is 0 Å². The van der Waals surface area contributed by atoms with E-state index >= 15 is 0 Å². The van der Waals surface area contributed by atoms with Gasteiger partial charge in [-0.15, -0.1) is 0 Å². The van der Waals surface area contributed by atoms with Crippen molar-refractivity contribution in [2.24, 2.45) is 0 Å². The van der Waals surface area contributed by atoms with Crippen LogP contribution in [0.3, 0.4) is 0 Å². The van der Waals surface area contributed by atoms with Crippen molar-refractivity contribution < 1.29 is 4.92 Å². The van der Waals surface area contributed by atoms with Gasteiger partial charge in [0.1, 0.15) is 6.20 Å². The van der Waals surface area contributed by atoms with E-state index in [1.165, 1.54) is 19.0 Å². The zero-order valence-electron chi connectivity index (χ0n) is 10.7. The van der Waals surface area contributed by atoms with Gasteiger partial charge in [-0.2, -0.15) is 0 Å². The topological polar surface area (TPSA) is 59.3 Å². The average Bonchev–Trinajstić information content (AvgIpc) is 2.83. The smallest absolute Gasteiger partial charge is 0.295 e. The molecule has 1 aromatic heterocycles. The van der Waals surface area contributed by atoms with Crippen LogP contribution < -0.4 is 4.90 Å². The van der Waals surface area contributed by atoms with Gasteiger partial charge >= 0.3 is 0 Å². The summed E-state index contributed by atoms with van der Waals surface area (Å²) >= 11 is 0. The Morgan fingerprint density at radius 2 is 2.26 bits per heavy atom. The van der Waals surface area contributed by atoms with Crippen molar-refractivity contribution in [1.29, 1.82) is 0 Å². The molecule has 0 radical (unpaired) electrons. The lowest BCUT2D eigenvalue weighted by molar-refractivity contribution is -0.383. The molecule has 19 heavy (non-hydrogen) atoms. The highest BCUT2D eigenvalue weighted by Crippen LogP contribution is 2.31. The zero-order chi connectivity index (χ0) is 13.4. The Morgan fingerprint density at radius 3 is 2.95 bits per heavy atom. The molecule has 0 bridgehead atoms. The fourth-order valence-corrected chi connectivity index (χ4v) is 2.79. The molecule has 1 saturated heterocycles. The first-order valence-corrected chi connectivity index (χ1v) is 6.45. The maximum Gasteiger partial charge on any atom is 0.295 e. The lowest BCUT2D eigenvalue weighted by Gasteiger charge is -2.24. The number of rotatable bonds is 2. The van der Waals surface area contributed by atoms with Crippen LogP contribution in [0.4, 0.5) is 11.4 Å². The van der Waals surface area contributed by atoms with Crippen molar-refractivity contribution in [3.63, 3.8) is 0 Å². The molecule has 2 aromatic rings. The third-order valence-corrected chi connectivity index (χ3v) is 3.80. The Kier molecular flexibility index (Phi) is 2.81. The van der Waals surface area contributed by atoms with E-state index in [0.29, 0.717) is 11.4 Å². The van der Waals surface area contributed by atoms with Crippen molar-refractivity contribution in [2.75, 3.05) is 11.4 Å². The number of hydrogen-bond acceptors (Lipinski definition) is 4. The second-order valence-corrected chi connectivity index (χ2v) is 5.01. The highest BCUT2D eigenvalue weighted by Gasteiger charge is 2.21. The molecule has 0 amide bonds. The van der Waals surface area contributed by atoms with E-state index in [2.05, 4.69) is 16.8 Å². The zero-order valence-corrected chi connectivity index (χ0v) is 10.7. The molecule has 0 spiro atoms. The van der Waals surface area contributed by atoms with Crippen LogP contribution in [0.25, 0.3) is 10.8 Å². The monoisotopic (exact) mass is 257 g/mol. The SMILES string of the molecule is CC1CCCN1c1ccc2c([N+](=O)[O-])cncc2c1. The number of benzene rings is 1. The molecule has 1 aliphatic heterocycles. The molecule has 5 heteroatoms. The summed E-state index contributed by atoms with van der Waals surface area (Å²) in [5.74, 6) is 0. The third-order valence-electron chi connectivity index (χ3n) is 3.80. The Morgan fingerprint density at radius 1 is 1.42 bits per heavy atom. The van der Waals surface area contributed by atoms with Gasteiger partial charge in [0.25, 0.3) is 5.69 Å². The Bertz CT molecular complexity index is 642. The molecule has 0 N–H and O–H groups in total. The van der Waals surface area contributed by atoms with E-state index in [9.17, 15) is 10.1 Å². The quantitative estimate of drug-likeness (QED) is 0.612. The Labute approximate surface area is 111 Å². The van der Waals surface area contributed by atoms with Crippen LogP contribution in [-0.4, -0.2) is 22.5 Å². The summed E-state index contributed by atoms with van der Waals surface area (Å²) in [5.41, 5.74) is 1.19. The lowest BCUT2D eigenvalue weighted by atomic mass is 10.1. The van der Waals surface area contributed by atoms with Crippen molar-refractivity contribution in [3.8, 4) is 0 Å². The number of hydrogen-bond donors (Lipinski definition) is 0. The van der Waals surface area contributed by atoms with E-state index < -0.39 is 0 Å². The maximum atomic E-state index is 11.0. The van der Waals surface area contributed by atoms with Gasteiger partial charge < -0.3 is 4.90 Å². The summed E-state index contributed by atoms with van der Waals surface area (Å²) in [6, 6.07) is 6.33. The molecule has 2 heterocycles. The highest BCUT2D eigenvalue weighted by molar-refractivity contribution is 5.92. The normalized spacial score (nSPS) is 19.0. The Balaban J connectivity index is 2.09. The van der Waals surface area contributed by atoms with Crippen molar-refractivity contribution in [2.45, 2.75) is 25.8 Å². The van der Waals surface area contributed by atoms with Crippen LogP contribution in [0.1, 0.15) is 19.8 Å². The first-order valence-electron chi connectivity index (χ1n) is 6.45. The standard InChI is InChI=1S/C14H15N3O2/c1-10-3-2-6-16(10)12-4-5-13-11(7-12)8-15-9-14(13)17(18)19/h4-5,7-10H,2-3,6H2,1H3. The summed E-state index contributed by atoms with van der Waals surface area (Å²) < 4.78 is 0. The minimum atomic E-state index is -0.381. The average molecular weight is 257 g/mol. The van der Waals surface area contributed by atoms with Crippen molar-refractivity contribution in [1.82, 2.24) is 4.98 Å². The molecule has 1 aliphatic rings.